The fourth-order valence-corrected chi connectivity index (χ4v) is 1.59. The number of carbonyl (C=O) groups is 2. The largest absolute Gasteiger partial charge is 0.344 e. The van der Waals surface area contributed by atoms with Crippen molar-refractivity contribution < 1.29 is 9.59 Å². The van der Waals surface area contributed by atoms with Gasteiger partial charge in [-0.3, -0.25) is 14.6 Å². The summed E-state index contributed by atoms with van der Waals surface area (Å²) in [5.41, 5.74) is 2.15. The van der Waals surface area contributed by atoms with E-state index in [0.717, 1.165) is 5.56 Å². The van der Waals surface area contributed by atoms with E-state index in [1.807, 2.05) is 13.0 Å². The molecule has 0 fully saturated rings. The van der Waals surface area contributed by atoms with E-state index in [1.165, 1.54) is 0 Å². The Morgan fingerprint density at radius 3 is 2.47 bits per heavy atom. The number of benzene rings is 1. The van der Waals surface area contributed by atoms with Crippen molar-refractivity contribution in [3.63, 3.8) is 0 Å². The van der Waals surface area contributed by atoms with Crippen LogP contribution in [-0.2, 0) is 11.3 Å². The molecule has 2 rings (SSSR count). The minimum Gasteiger partial charge on any atom is -0.344 e. The topological polar surface area (TPSA) is 59.1 Å². The molecule has 4 nitrogen and oxygen atoms in total. The van der Waals surface area contributed by atoms with Gasteiger partial charge in [0, 0.05) is 11.8 Å². The van der Waals surface area contributed by atoms with Gasteiger partial charge in [-0.05, 0) is 19.1 Å². The van der Waals surface area contributed by atoms with Crippen molar-refractivity contribution in [3.05, 3.63) is 65.5 Å². The molecule has 0 aliphatic rings. The Morgan fingerprint density at radius 1 is 1.11 bits per heavy atom. The van der Waals surface area contributed by atoms with Crippen molar-refractivity contribution in [2.45, 2.75) is 13.5 Å². The van der Waals surface area contributed by atoms with Crippen molar-refractivity contribution in [2.24, 2.45) is 0 Å². The molecule has 0 saturated carbocycles. The zero-order chi connectivity index (χ0) is 13.7. The van der Waals surface area contributed by atoms with Crippen molar-refractivity contribution in [3.8, 4) is 0 Å². The zero-order valence-electron chi connectivity index (χ0n) is 10.6. The van der Waals surface area contributed by atoms with Crippen LogP contribution in [0.3, 0.4) is 0 Å². The number of aromatic nitrogens is 1. The second kappa shape index (κ2) is 5.91. The van der Waals surface area contributed by atoms with Crippen LogP contribution in [0.2, 0.25) is 0 Å². The quantitative estimate of drug-likeness (QED) is 0.669. The van der Waals surface area contributed by atoms with Gasteiger partial charge in [0.2, 0.25) is 5.78 Å². The van der Waals surface area contributed by atoms with Gasteiger partial charge in [0.25, 0.3) is 5.91 Å². The summed E-state index contributed by atoms with van der Waals surface area (Å²) in [5, 5.41) is 2.56. The van der Waals surface area contributed by atoms with E-state index in [1.54, 1.807) is 42.6 Å². The number of aryl methyl sites for hydroxylation is 1. The third kappa shape index (κ3) is 3.48. The number of nitrogens with one attached hydrogen (secondary N) is 1. The number of hydrogen-bond donors (Lipinski definition) is 1. The number of ketones is 1. The van der Waals surface area contributed by atoms with E-state index in [0.29, 0.717) is 11.3 Å². The molecule has 19 heavy (non-hydrogen) atoms. The van der Waals surface area contributed by atoms with Crippen molar-refractivity contribution in [2.75, 3.05) is 0 Å². The molecule has 0 radical (unpaired) electrons. The van der Waals surface area contributed by atoms with Crippen LogP contribution in [-0.4, -0.2) is 16.7 Å². The van der Waals surface area contributed by atoms with E-state index < -0.39 is 11.7 Å². The number of Topliss-reactive ketones (excluding diaryl/α,β-unsaturated/α-hetero) is 1. The SMILES string of the molecule is Cc1ccc(C(=O)C(=O)NCc2ccccn2)cc1. The second-order valence-corrected chi connectivity index (χ2v) is 4.20. The van der Waals surface area contributed by atoms with E-state index in [2.05, 4.69) is 10.3 Å². The number of amides is 1. The molecule has 1 amide bonds. The van der Waals surface area contributed by atoms with Crippen LogP contribution in [0.15, 0.2) is 48.7 Å². The molecule has 0 unspecified atom stereocenters. The molecule has 1 aromatic heterocycles. The van der Waals surface area contributed by atoms with Gasteiger partial charge in [-0.25, -0.2) is 0 Å². The number of carbonyl (C=O) groups excluding carboxylic acids is 2. The van der Waals surface area contributed by atoms with Gasteiger partial charge in [-0.15, -0.1) is 0 Å². The standard InChI is InChI=1S/C15H14N2O2/c1-11-5-7-12(8-6-11)14(18)15(19)17-10-13-4-2-3-9-16-13/h2-9H,10H2,1H3,(H,17,19). The monoisotopic (exact) mass is 254 g/mol. The molecule has 0 bridgehead atoms. The Labute approximate surface area is 111 Å². The molecule has 1 heterocycles. The maximum absolute atomic E-state index is 11.8. The molecular weight excluding hydrogens is 240 g/mol. The van der Waals surface area contributed by atoms with E-state index in [9.17, 15) is 9.59 Å². The predicted molar refractivity (Wildman–Crippen MR) is 71.6 cm³/mol. The normalized spacial score (nSPS) is 9.95. The molecular formula is C15H14N2O2. The lowest BCUT2D eigenvalue weighted by Gasteiger charge is -2.04. The first-order valence-corrected chi connectivity index (χ1v) is 5.96. The molecule has 96 valence electrons. The van der Waals surface area contributed by atoms with Crippen LogP contribution in [0, 0.1) is 6.92 Å². The van der Waals surface area contributed by atoms with E-state index in [-0.39, 0.29) is 6.54 Å². The Balaban J connectivity index is 1.96. The Hall–Kier alpha value is -2.49. The number of pyridine rings is 1. The van der Waals surface area contributed by atoms with Crippen LogP contribution in [0.5, 0.6) is 0 Å². The lowest BCUT2D eigenvalue weighted by molar-refractivity contribution is -0.117. The van der Waals surface area contributed by atoms with Gasteiger partial charge >= 0.3 is 0 Å². The predicted octanol–water partition coefficient (Wildman–Crippen LogP) is 1.89. The molecule has 0 atom stereocenters. The Bertz CT molecular complexity index is 577. The Kier molecular flexibility index (Phi) is 4.03. The van der Waals surface area contributed by atoms with Crippen molar-refractivity contribution >= 4 is 11.7 Å². The summed E-state index contributed by atoms with van der Waals surface area (Å²) >= 11 is 0. The molecule has 0 spiro atoms. The smallest absolute Gasteiger partial charge is 0.292 e. The summed E-state index contributed by atoms with van der Waals surface area (Å²) in [7, 11) is 0. The summed E-state index contributed by atoms with van der Waals surface area (Å²) in [5.74, 6) is -1.15. The molecule has 1 N–H and O–H groups in total. The van der Waals surface area contributed by atoms with Gasteiger partial charge in [0.05, 0.1) is 12.2 Å². The highest BCUT2D eigenvalue weighted by Crippen LogP contribution is 2.04. The fraction of sp³-hybridized carbons (Fsp3) is 0.133. The van der Waals surface area contributed by atoms with Gasteiger partial charge < -0.3 is 5.32 Å². The van der Waals surface area contributed by atoms with Crippen molar-refractivity contribution in [1.82, 2.24) is 10.3 Å². The summed E-state index contributed by atoms with van der Waals surface area (Å²) in [4.78, 5) is 27.6. The first-order chi connectivity index (χ1) is 9.16. The van der Waals surface area contributed by atoms with E-state index >= 15 is 0 Å². The summed E-state index contributed by atoms with van der Waals surface area (Å²) in [6, 6.07) is 12.3. The van der Waals surface area contributed by atoms with Gasteiger partial charge in [-0.2, -0.15) is 0 Å². The lowest BCUT2D eigenvalue weighted by atomic mass is 10.1. The maximum atomic E-state index is 11.8. The summed E-state index contributed by atoms with van der Waals surface area (Å²) < 4.78 is 0. The molecule has 4 heteroatoms. The Morgan fingerprint density at radius 2 is 1.84 bits per heavy atom. The maximum Gasteiger partial charge on any atom is 0.292 e. The van der Waals surface area contributed by atoms with Crippen LogP contribution >= 0.6 is 0 Å². The first-order valence-electron chi connectivity index (χ1n) is 5.96. The molecule has 0 aliphatic heterocycles. The first kappa shape index (κ1) is 13.0. The summed E-state index contributed by atoms with van der Waals surface area (Å²) in [6.45, 7) is 2.17. The van der Waals surface area contributed by atoms with E-state index in [4.69, 9.17) is 0 Å². The molecule has 0 saturated heterocycles. The third-order valence-electron chi connectivity index (χ3n) is 2.68. The van der Waals surface area contributed by atoms with Crippen molar-refractivity contribution in [1.29, 1.82) is 0 Å². The molecule has 0 aliphatic carbocycles. The summed E-state index contributed by atoms with van der Waals surface area (Å²) in [6.07, 6.45) is 1.64. The number of hydrogen-bond acceptors (Lipinski definition) is 3. The van der Waals surface area contributed by atoms with Gasteiger partial charge in [-0.1, -0.05) is 35.9 Å². The van der Waals surface area contributed by atoms with Gasteiger partial charge in [0.1, 0.15) is 0 Å². The average Bonchev–Trinajstić information content (AvgIpc) is 2.46. The molecule has 2 aromatic rings. The van der Waals surface area contributed by atoms with Gasteiger partial charge in [0.15, 0.2) is 0 Å². The highest BCUT2D eigenvalue weighted by molar-refractivity contribution is 6.42. The number of rotatable bonds is 4. The second-order valence-electron chi connectivity index (χ2n) is 4.20. The van der Waals surface area contributed by atoms with Crippen LogP contribution in [0.25, 0.3) is 0 Å². The third-order valence-corrected chi connectivity index (χ3v) is 2.68. The van der Waals surface area contributed by atoms with Crippen LogP contribution < -0.4 is 5.32 Å². The minimum absolute atomic E-state index is 0.247. The van der Waals surface area contributed by atoms with Crippen LogP contribution in [0.1, 0.15) is 21.6 Å². The number of nitrogens with zero attached hydrogens (tertiary/aromatic N) is 1. The zero-order valence-corrected chi connectivity index (χ0v) is 10.6. The highest BCUT2D eigenvalue weighted by atomic mass is 16.2. The average molecular weight is 254 g/mol. The lowest BCUT2D eigenvalue weighted by Crippen LogP contribution is -2.30. The minimum atomic E-state index is -0.616. The molecule has 1 aromatic carbocycles. The fourth-order valence-electron chi connectivity index (χ4n) is 1.59. The van der Waals surface area contributed by atoms with Crippen LogP contribution in [0.4, 0.5) is 0 Å². The highest BCUT2D eigenvalue weighted by Gasteiger charge is 2.15.